The highest BCUT2D eigenvalue weighted by atomic mass is 16.4. The molecule has 6 nitrogen and oxygen atoms in total. The summed E-state index contributed by atoms with van der Waals surface area (Å²) in [6.45, 7) is 0. The van der Waals surface area contributed by atoms with Crippen molar-refractivity contribution in [1.82, 2.24) is 4.98 Å². The largest absolute Gasteiger partial charge is 0.508 e. The van der Waals surface area contributed by atoms with Crippen molar-refractivity contribution in [2.24, 2.45) is 0 Å². The standard InChI is InChI=1S/C8H5NO5/c10-3-1-4(7(11)12)6-5(2-3)9-8(13)14-6/h1-2,10H,(H,9,13)(H,11,12). The molecule has 0 aliphatic carbocycles. The Morgan fingerprint density at radius 3 is 2.79 bits per heavy atom. The van der Waals surface area contributed by atoms with Crippen LogP contribution in [0.5, 0.6) is 5.75 Å². The van der Waals surface area contributed by atoms with Crippen LogP contribution in [0.3, 0.4) is 0 Å². The van der Waals surface area contributed by atoms with E-state index < -0.39 is 11.7 Å². The van der Waals surface area contributed by atoms with Crippen molar-refractivity contribution >= 4 is 17.1 Å². The summed E-state index contributed by atoms with van der Waals surface area (Å²) < 4.78 is 4.61. The first-order valence-corrected chi connectivity index (χ1v) is 3.67. The predicted octanol–water partition coefficient (Wildman–Crippen LogP) is 0.525. The van der Waals surface area contributed by atoms with Crippen molar-refractivity contribution in [2.45, 2.75) is 0 Å². The van der Waals surface area contributed by atoms with Crippen LogP contribution in [0.15, 0.2) is 21.3 Å². The number of rotatable bonds is 1. The Morgan fingerprint density at radius 1 is 1.43 bits per heavy atom. The van der Waals surface area contributed by atoms with E-state index in [-0.39, 0.29) is 22.4 Å². The van der Waals surface area contributed by atoms with Crippen LogP contribution >= 0.6 is 0 Å². The van der Waals surface area contributed by atoms with Crippen molar-refractivity contribution in [3.63, 3.8) is 0 Å². The summed E-state index contributed by atoms with van der Waals surface area (Å²) in [6.07, 6.45) is 0. The lowest BCUT2D eigenvalue weighted by Crippen LogP contribution is -1.96. The summed E-state index contributed by atoms with van der Waals surface area (Å²) in [5, 5.41) is 17.9. The molecule has 0 spiro atoms. The minimum atomic E-state index is -1.27. The van der Waals surface area contributed by atoms with Crippen molar-refractivity contribution in [3.8, 4) is 5.75 Å². The molecule has 0 saturated carbocycles. The first kappa shape index (κ1) is 8.36. The van der Waals surface area contributed by atoms with Crippen LogP contribution in [0.2, 0.25) is 0 Å². The third-order valence-corrected chi connectivity index (χ3v) is 1.74. The molecule has 1 aromatic heterocycles. The smallest absolute Gasteiger partial charge is 0.417 e. The van der Waals surface area contributed by atoms with Gasteiger partial charge in [0.2, 0.25) is 0 Å². The van der Waals surface area contributed by atoms with Gasteiger partial charge in [-0.1, -0.05) is 0 Å². The molecule has 1 aromatic carbocycles. The molecule has 14 heavy (non-hydrogen) atoms. The lowest BCUT2D eigenvalue weighted by atomic mass is 10.2. The molecule has 1 heterocycles. The van der Waals surface area contributed by atoms with Crippen LogP contribution < -0.4 is 5.76 Å². The number of hydrogen-bond donors (Lipinski definition) is 3. The van der Waals surface area contributed by atoms with E-state index in [0.717, 1.165) is 6.07 Å². The van der Waals surface area contributed by atoms with Gasteiger partial charge in [0.15, 0.2) is 5.58 Å². The Bertz CT molecular complexity index is 565. The van der Waals surface area contributed by atoms with Crippen LogP contribution in [0, 0.1) is 0 Å². The number of aromatic hydroxyl groups is 1. The lowest BCUT2D eigenvalue weighted by Gasteiger charge is -1.96. The van der Waals surface area contributed by atoms with Gasteiger partial charge in [-0.05, 0) is 6.07 Å². The van der Waals surface area contributed by atoms with Gasteiger partial charge in [0.1, 0.15) is 11.3 Å². The number of hydrogen-bond acceptors (Lipinski definition) is 4. The minimum absolute atomic E-state index is 0.0692. The fourth-order valence-corrected chi connectivity index (χ4v) is 1.20. The van der Waals surface area contributed by atoms with Crippen molar-refractivity contribution in [1.29, 1.82) is 0 Å². The molecule has 72 valence electrons. The topological polar surface area (TPSA) is 104 Å². The van der Waals surface area contributed by atoms with Gasteiger partial charge in [0.05, 0.1) is 5.52 Å². The fraction of sp³-hybridized carbons (Fsp3) is 0. The number of aromatic amines is 1. The summed E-state index contributed by atoms with van der Waals surface area (Å²) in [4.78, 5) is 23.7. The summed E-state index contributed by atoms with van der Waals surface area (Å²) in [5.74, 6) is -2.27. The van der Waals surface area contributed by atoms with E-state index in [1.165, 1.54) is 6.07 Å². The van der Waals surface area contributed by atoms with Crippen molar-refractivity contribution in [3.05, 3.63) is 28.2 Å². The van der Waals surface area contributed by atoms with Gasteiger partial charge in [-0.25, -0.2) is 9.59 Å². The average Bonchev–Trinajstić information content (AvgIpc) is 2.42. The molecule has 0 unspecified atom stereocenters. The second kappa shape index (κ2) is 2.63. The average molecular weight is 195 g/mol. The molecule has 0 amide bonds. The maximum absolute atomic E-state index is 10.8. The van der Waals surface area contributed by atoms with E-state index in [0.29, 0.717) is 0 Å². The number of oxazole rings is 1. The summed E-state index contributed by atoms with van der Waals surface area (Å²) in [6, 6.07) is 2.23. The normalized spacial score (nSPS) is 10.6. The Labute approximate surface area is 76.4 Å². The molecule has 0 fully saturated rings. The molecule has 0 radical (unpaired) electrons. The summed E-state index contributed by atoms with van der Waals surface area (Å²) in [7, 11) is 0. The number of aromatic carboxylic acids is 1. The molecule has 0 aliphatic heterocycles. The molecule has 2 aromatic rings. The monoisotopic (exact) mass is 195 g/mol. The molecule has 0 saturated heterocycles. The second-order valence-corrected chi connectivity index (χ2v) is 2.69. The second-order valence-electron chi connectivity index (χ2n) is 2.69. The van der Waals surface area contributed by atoms with Crippen LogP contribution in [0.4, 0.5) is 0 Å². The van der Waals surface area contributed by atoms with Gasteiger partial charge < -0.3 is 14.6 Å². The van der Waals surface area contributed by atoms with E-state index >= 15 is 0 Å². The maximum atomic E-state index is 10.8. The number of carboxylic acids is 1. The van der Waals surface area contributed by atoms with Crippen LogP contribution in [-0.2, 0) is 0 Å². The molecule has 0 aliphatic rings. The zero-order valence-corrected chi connectivity index (χ0v) is 6.77. The number of carbonyl (C=O) groups is 1. The predicted molar refractivity (Wildman–Crippen MR) is 45.5 cm³/mol. The molecule has 2 rings (SSSR count). The molecule has 6 heteroatoms. The third-order valence-electron chi connectivity index (χ3n) is 1.74. The van der Waals surface area contributed by atoms with Crippen molar-refractivity contribution in [2.75, 3.05) is 0 Å². The molecule has 0 atom stereocenters. The number of H-pyrrole nitrogens is 1. The number of phenols is 1. The number of benzene rings is 1. The number of phenolic OH excluding ortho intramolecular Hbond substituents is 1. The van der Waals surface area contributed by atoms with E-state index in [1.807, 2.05) is 0 Å². The molecule has 3 N–H and O–H groups in total. The highest BCUT2D eigenvalue weighted by molar-refractivity contribution is 6.00. The van der Waals surface area contributed by atoms with Crippen LogP contribution in [-0.4, -0.2) is 21.2 Å². The molecular weight excluding hydrogens is 190 g/mol. The zero-order valence-electron chi connectivity index (χ0n) is 6.77. The number of carboxylic acid groups (broad SMARTS) is 1. The maximum Gasteiger partial charge on any atom is 0.417 e. The van der Waals surface area contributed by atoms with Gasteiger partial charge in [-0.3, -0.25) is 4.98 Å². The number of aromatic nitrogens is 1. The lowest BCUT2D eigenvalue weighted by molar-refractivity contribution is 0.0697. The highest BCUT2D eigenvalue weighted by Gasteiger charge is 2.14. The third kappa shape index (κ3) is 1.13. The Morgan fingerprint density at radius 2 is 2.14 bits per heavy atom. The number of nitrogens with one attached hydrogen (secondary N) is 1. The highest BCUT2D eigenvalue weighted by Crippen LogP contribution is 2.22. The first-order chi connectivity index (χ1) is 6.58. The van der Waals surface area contributed by atoms with Gasteiger partial charge in [0, 0.05) is 6.07 Å². The molecule has 0 bridgehead atoms. The minimum Gasteiger partial charge on any atom is -0.508 e. The Hall–Kier alpha value is -2.24. The summed E-state index contributed by atoms with van der Waals surface area (Å²) >= 11 is 0. The molecular formula is C8H5NO5. The van der Waals surface area contributed by atoms with E-state index in [1.54, 1.807) is 0 Å². The first-order valence-electron chi connectivity index (χ1n) is 3.67. The van der Waals surface area contributed by atoms with E-state index in [2.05, 4.69) is 9.40 Å². The quantitative estimate of drug-likeness (QED) is 0.615. The SMILES string of the molecule is O=C(O)c1cc(O)cc2[nH]c(=O)oc12. The van der Waals surface area contributed by atoms with Crippen LogP contribution in [0.1, 0.15) is 10.4 Å². The van der Waals surface area contributed by atoms with Gasteiger partial charge in [0.25, 0.3) is 0 Å². The van der Waals surface area contributed by atoms with Gasteiger partial charge >= 0.3 is 11.7 Å². The van der Waals surface area contributed by atoms with Crippen molar-refractivity contribution < 1.29 is 19.4 Å². The van der Waals surface area contributed by atoms with Crippen LogP contribution in [0.25, 0.3) is 11.1 Å². The van der Waals surface area contributed by atoms with Gasteiger partial charge in [-0.2, -0.15) is 0 Å². The summed E-state index contributed by atoms with van der Waals surface area (Å²) in [5.41, 5.74) is -0.161. The Balaban J connectivity index is 2.92. The zero-order chi connectivity index (χ0) is 10.3. The Kier molecular flexibility index (Phi) is 1.57. The fourth-order valence-electron chi connectivity index (χ4n) is 1.20. The van der Waals surface area contributed by atoms with E-state index in [4.69, 9.17) is 10.2 Å². The van der Waals surface area contributed by atoms with E-state index in [9.17, 15) is 9.59 Å². The van der Waals surface area contributed by atoms with Gasteiger partial charge in [-0.15, -0.1) is 0 Å². The number of fused-ring (bicyclic) bond motifs is 1.